The second kappa shape index (κ2) is 9.39. The van der Waals surface area contributed by atoms with Gasteiger partial charge in [0.05, 0.1) is 24.5 Å². The van der Waals surface area contributed by atoms with Crippen molar-refractivity contribution in [3.05, 3.63) is 45.6 Å². The van der Waals surface area contributed by atoms with Crippen molar-refractivity contribution in [1.82, 2.24) is 10.2 Å². The molecule has 0 unspecified atom stereocenters. The number of amides is 2. The minimum Gasteiger partial charge on any atom is -0.497 e. The largest absolute Gasteiger partial charge is 0.497 e. The summed E-state index contributed by atoms with van der Waals surface area (Å²) in [4.78, 5) is 15.0. The zero-order valence-electron chi connectivity index (χ0n) is 13.8. The van der Waals surface area contributed by atoms with Gasteiger partial charge in [-0.25, -0.2) is 4.79 Å². The molecule has 0 aliphatic carbocycles. The molecule has 0 fully saturated rings. The first-order chi connectivity index (χ1) is 11.6. The number of carbonyl (C=O) groups excluding carboxylic acids is 1. The van der Waals surface area contributed by atoms with E-state index < -0.39 is 0 Å². The summed E-state index contributed by atoms with van der Waals surface area (Å²) in [6, 6.07) is 11.0. The van der Waals surface area contributed by atoms with Gasteiger partial charge in [-0.15, -0.1) is 11.3 Å². The van der Waals surface area contributed by atoms with E-state index in [0.29, 0.717) is 26.2 Å². The predicted octanol–water partition coefficient (Wildman–Crippen LogP) is 4.02. The number of nitrogens with one attached hydrogen (secondary N) is 1. The zero-order valence-corrected chi connectivity index (χ0v) is 15.3. The van der Waals surface area contributed by atoms with E-state index in [1.54, 1.807) is 12.0 Å². The number of thiophene rings is 1. The number of halogens is 1. The monoisotopic (exact) mass is 368 g/mol. The number of carbonyl (C=O) groups is 1. The van der Waals surface area contributed by atoms with Gasteiger partial charge in [-0.2, -0.15) is 0 Å². The van der Waals surface area contributed by atoms with Crippen molar-refractivity contribution >= 4 is 29.0 Å². The molecule has 130 valence electrons. The van der Waals surface area contributed by atoms with Crippen molar-refractivity contribution in [2.45, 2.75) is 13.5 Å². The number of ether oxygens (including phenoxy) is 2. The van der Waals surface area contributed by atoms with Gasteiger partial charge in [-0.05, 0) is 43.3 Å². The Labute approximate surface area is 151 Å². The Kier molecular flexibility index (Phi) is 7.21. The predicted molar refractivity (Wildman–Crippen MR) is 97.3 cm³/mol. The number of urea groups is 1. The molecule has 1 aromatic heterocycles. The van der Waals surface area contributed by atoms with Crippen LogP contribution in [0.15, 0.2) is 36.4 Å². The molecule has 0 saturated heterocycles. The molecule has 0 aliphatic rings. The molecule has 5 nitrogen and oxygen atoms in total. The van der Waals surface area contributed by atoms with Crippen LogP contribution < -0.4 is 14.8 Å². The van der Waals surface area contributed by atoms with E-state index in [0.717, 1.165) is 20.7 Å². The number of rotatable bonds is 8. The molecule has 24 heavy (non-hydrogen) atoms. The van der Waals surface area contributed by atoms with Crippen molar-refractivity contribution in [3.63, 3.8) is 0 Å². The molecular weight excluding hydrogens is 348 g/mol. The highest BCUT2D eigenvalue weighted by Gasteiger charge is 2.12. The Balaban J connectivity index is 1.72. The molecule has 0 saturated carbocycles. The van der Waals surface area contributed by atoms with Gasteiger partial charge in [-0.3, -0.25) is 0 Å². The number of methoxy groups -OCH3 is 1. The van der Waals surface area contributed by atoms with Crippen molar-refractivity contribution in [3.8, 4) is 11.5 Å². The second-order valence-electron chi connectivity index (χ2n) is 4.98. The van der Waals surface area contributed by atoms with E-state index in [-0.39, 0.29) is 6.03 Å². The quantitative estimate of drug-likeness (QED) is 0.716. The average molecular weight is 369 g/mol. The van der Waals surface area contributed by atoms with E-state index in [1.807, 2.05) is 43.3 Å². The van der Waals surface area contributed by atoms with Crippen molar-refractivity contribution in [2.24, 2.45) is 0 Å². The van der Waals surface area contributed by atoms with E-state index >= 15 is 0 Å². The lowest BCUT2D eigenvalue weighted by atomic mass is 10.3. The van der Waals surface area contributed by atoms with E-state index in [9.17, 15) is 4.79 Å². The highest BCUT2D eigenvalue weighted by atomic mass is 35.5. The van der Waals surface area contributed by atoms with Crippen LogP contribution in [0.25, 0.3) is 0 Å². The van der Waals surface area contributed by atoms with Crippen LogP contribution in [0.3, 0.4) is 0 Å². The number of hydrogen-bond donors (Lipinski definition) is 1. The fraction of sp³-hybridized carbons (Fsp3) is 0.353. The minimum absolute atomic E-state index is 0.111. The first kappa shape index (κ1) is 18.4. The first-order valence-electron chi connectivity index (χ1n) is 7.66. The normalized spacial score (nSPS) is 10.3. The zero-order chi connectivity index (χ0) is 17.4. The van der Waals surface area contributed by atoms with E-state index in [2.05, 4.69) is 5.32 Å². The average Bonchev–Trinajstić information content (AvgIpc) is 3.02. The number of hydrogen-bond acceptors (Lipinski definition) is 4. The van der Waals surface area contributed by atoms with Crippen molar-refractivity contribution < 1.29 is 14.3 Å². The molecule has 2 rings (SSSR count). The maximum Gasteiger partial charge on any atom is 0.317 e. The van der Waals surface area contributed by atoms with Crippen LogP contribution >= 0.6 is 22.9 Å². The van der Waals surface area contributed by atoms with Gasteiger partial charge < -0.3 is 19.7 Å². The van der Waals surface area contributed by atoms with E-state index in [4.69, 9.17) is 21.1 Å². The van der Waals surface area contributed by atoms with E-state index in [1.165, 1.54) is 11.3 Å². The summed E-state index contributed by atoms with van der Waals surface area (Å²) >= 11 is 7.41. The van der Waals surface area contributed by atoms with Gasteiger partial charge in [0, 0.05) is 11.4 Å². The highest BCUT2D eigenvalue weighted by molar-refractivity contribution is 7.16. The van der Waals surface area contributed by atoms with Crippen molar-refractivity contribution in [1.29, 1.82) is 0 Å². The summed E-state index contributed by atoms with van der Waals surface area (Å²) in [6.45, 7) is 3.97. The summed E-state index contributed by atoms with van der Waals surface area (Å²) < 4.78 is 11.4. The SMILES string of the molecule is CCN(Cc1ccc(Cl)s1)C(=O)NCCOc1ccc(OC)cc1. The topological polar surface area (TPSA) is 50.8 Å². The lowest BCUT2D eigenvalue weighted by Crippen LogP contribution is -2.40. The standard InChI is InChI=1S/C17H21ClN2O3S/c1-3-20(12-15-8-9-16(18)24-15)17(21)19-10-11-23-14-6-4-13(22-2)5-7-14/h4-9H,3,10-12H2,1-2H3,(H,19,21). The van der Waals surface area contributed by atoms with Gasteiger partial charge in [0.2, 0.25) is 0 Å². The second-order valence-corrected chi connectivity index (χ2v) is 6.78. The molecule has 1 aromatic carbocycles. The molecule has 0 atom stereocenters. The molecule has 0 radical (unpaired) electrons. The van der Waals surface area contributed by atoms with Crippen LogP contribution in [0, 0.1) is 0 Å². The van der Waals surface area contributed by atoms with Gasteiger partial charge in [0.1, 0.15) is 18.1 Å². The molecular formula is C17H21ClN2O3S. The molecule has 7 heteroatoms. The van der Waals surface area contributed by atoms with Crippen LogP contribution in [0.5, 0.6) is 11.5 Å². The maximum atomic E-state index is 12.2. The van der Waals surface area contributed by atoms with Gasteiger partial charge >= 0.3 is 6.03 Å². The van der Waals surface area contributed by atoms with Crippen LogP contribution in [-0.4, -0.2) is 37.7 Å². The molecule has 0 bridgehead atoms. The fourth-order valence-corrected chi connectivity index (χ4v) is 3.17. The summed E-state index contributed by atoms with van der Waals surface area (Å²) in [6.07, 6.45) is 0. The number of nitrogens with zero attached hydrogens (tertiary/aromatic N) is 1. The Hall–Kier alpha value is -1.92. The Bertz CT molecular complexity index is 646. The summed E-state index contributed by atoms with van der Waals surface area (Å²) in [5.74, 6) is 1.52. The Morgan fingerprint density at radius 1 is 1.21 bits per heavy atom. The third-order valence-corrected chi connectivity index (χ3v) is 4.57. The third-order valence-electron chi connectivity index (χ3n) is 3.35. The summed E-state index contributed by atoms with van der Waals surface area (Å²) in [7, 11) is 1.62. The molecule has 2 aromatic rings. The lowest BCUT2D eigenvalue weighted by molar-refractivity contribution is 0.195. The highest BCUT2D eigenvalue weighted by Crippen LogP contribution is 2.22. The van der Waals surface area contributed by atoms with Gasteiger partial charge in [-0.1, -0.05) is 11.6 Å². The number of benzene rings is 1. The smallest absolute Gasteiger partial charge is 0.317 e. The fourth-order valence-electron chi connectivity index (χ4n) is 2.06. The summed E-state index contributed by atoms with van der Waals surface area (Å²) in [5, 5.41) is 2.86. The van der Waals surface area contributed by atoms with Gasteiger partial charge in [0.15, 0.2) is 0 Å². The lowest BCUT2D eigenvalue weighted by Gasteiger charge is -2.20. The molecule has 0 spiro atoms. The van der Waals surface area contributed by atoms with Crippen LogP contribution in [0.4, 0.5) is 4.79 Å². The minimum atomic E-state index is -0.111. The maximum absolute atomic E-state index is 12.2. The Morgan fingerprint density at radius 3 is 2.50 bits per heavy atom. The molecule has 2 amide bonds. The van der Waals surface area contributed by atoms with Gasteiger partial charge in [0.25, 0.3) is 0 Å². The van der Waals surface area contributed by atoms with Crippen LogP contribution in [0.1, 0.15) is 11.8 Å². The third kappa shape index (κ3) is 5.62. The Morgan fingerprint density at radius 2 is 1.92 bits per heavy atom. The molecule has 0 aliphatic heterocycles. The molecule has 1 heterocycles. The van der Waals surface area contributed by atoms with Crippen molar-refractivity contribution in [2.75, 3.05) is 26.8 Å². The van der Waals surface area contributed by atoms with Crippen LogP contribution in [-0.2, 0) is 6.54 Å². The first-order valence-corrected chi connectivity index (χ1v) is 8.85. The molecule has 1 N–H and O–H groups in total. The summed E-state index contributed by atoms with van der Waals surface area (Å²) in [5.41, 5.74) is 0. The van der Waals surface area contributed by atoms with Crippen LogP contribution in [0.2, 0.25) is 4.34 Å².